The number of aryl methyl sites for hydroxylation is 1. The summed E-state index contributed by atoms with van der Waals surface area (Å²) in [5.41, 5.74) is 1.14. The minimum absolute atomic E-state index is 0.0129. The number of nitrogens with zero attached hydrogens (tertiary/aromatic N) is 5. The highest BCUT2D eigenvalue weighted by molar-refractivity contribution is 5.81. The molecule has 0 bridgehead atoms. The van der Waals surface area contributed by atoms with Crippen LogP contribution in [-0.2, 0) is 16.6 Å². The van der Waals surface area contributed by atoms with Crippen molar-refractivity contribution >= 4 is 11.8 Å². The van der Waals surface area contributed by atoms with Crippen molar-refractivity contribution in [1.29, 1.82) is 0 Å². The second-order valence-corrected chi connectivity index (χ2v) is 7.52. The van der Waals surface area contributed by atoms with Crippen LogP contribution in [0.3, 0.4) is 0 Å². The SMILES string of the molecule is CN(C)C(=O)CCN1CCN(C(=O)[C@H]2CNC[C@@H]2c2cnn(C)c2)CC1. The van der Waals surface area contributed by atoms with Crippen LogP contribution in [-0.4, -0.2) is 96.2 Å². The Kier molecular flexibility index (Phi) is 5.93. The van der Waals surface area contributed by atoms with E-state index in [4.69, 9.17) is 0 Å². The molecule has 1 N–H and O–H groups in total. The fraction of sp³-hybridized carbons (Fsp3) is 0.722. The first-order valence-corrected chi connectivity index (χ1v) is 9.36. The van der Waals surface area contributed by atoms with Gasteiger partial charge in [-0.25, -0.2) is 0 Å². The smallest absolute Gasteiger partial charge is 0.227 e. The van der Waals surface area contributed by atoms with Crippen LogP contribution in [0.2, 0.25) is 0 Å². The van der Waals surface area contributed by atoms with E-state index in [9.17, 15) is 9.59 Å². The van der Waals surface area contributed by atoms with Gasteiger partial charge in [-0.1, -0.05) is 0 Å². The van der Waals surface area contributed by atoms with Crippen molar-refractivity contribution in [3.05, 3.63) is 18.0 Å². The predicted octanol–water partition coefficient (Wildman–Crippen LogP) is -0.654. The summed E-state index contributed by atoms with van der Waals surface area (Å²) in [6.45, 7) is 5.48. The number of carbonyl (C=O) groups is 2. The molecule has 0 radical (unpaired) electrons. The zero-order chi connectivity index (χ0) is 18.7. The summed E-state index contributed by atoms with van der Waals surface area (Å²) < 4.78 is 1.79. The van der Waals surface area contributed by atoms with E-state index in [-0.39, 0.29) is 23.7 Å². The quantitative estimate of drug-likeness (QED) is 0.753. The minimum atomic E-state index is -0.0129. The van der Waals surface area contributed by atoms with Gasteiger partial charge in [0.1, 0.15) is 0 Å². The molecule has 0 saturated carbocycles. The third-order valence-corrected chi connectivity index (χ3v) is 5.51. The molecule has 1 aromatic rings. The molecule has 0 spiro atoms. The van der Waals surface area contributed by atoms with Crippen molar-refractivity contribution in [3.63, 3.8) is 0 Å². The van der Waals surface area contributed by atoms with Crippen LogP contribution in [0.25, 0.3) is 0 Å². The summed E-state index contributed by atoms with van der Waals surface area (Å²) in [5.74, 6) is 0.584. The maximum Gasteiger partial charge on any atom is 0.227 e. The van der Waals surface area contributed by atoms with Gasteiger partial charge in [0.15, 0.2) is 0 Å². The molecule has 2 aliphatic heterocycles. The first kappa shape index (κ1) is 18.8. The van der Waals surface area contributed by atoms with Gasteiger partial charge in [-0.3, -0.25) is 19.2 Å². The van der Waals surface area contributed by atoms with Gasteiger partial charge in [0.05, 0.1) is 12.1 Å². The lowest BCUT2D eigenvalue weighted by atomic mass is 9.89. The molecule has 3 heterocycles. The topological polar surface area (TPSA) is 73.7 Å². The summed E-state index contributed by atoms with van der Waals surface area (Å²) in [4.78, 5) is 30.7. The van der Waals surface area contributed by atoms with Gasteiger partial charge in [-0.05, 0) is 5.56 Å². The Morgan fingerprint density at radius 2 is 1.96 bits per heavy atom. The molecule has 3 rings (SSSR count). The number of rotatable bonds is 5. The molecule has 8 nitrogen and oxygen atoms in total. The van der Waals surface area contributed by atoms with Gasteiger partial charge in [0, 0.05) is 85.5 Å². The molecule has 144 valence electrons. The number of piperazine rings is 1. The molecule has 2 amide bonds. The van der Waals surface area contributed by atoms with Crippen molar-refractivity contribution in [2.24, 2.45) is 13.0 Å². The van der Waals surface area contributed by atoms with E-state index >= 15 is 0 Å². The Bertz CT molecular complexity index is 635. The van der Waals surface area contributed by atoms with E-state index in [0.717, 1.165) is 51.4 Å². The lowest BCUT2D eigenvalue weighted by Gasteiger charge is -2.36. The lowest BCUT2D eigenvalue weighted by Crippen LogP contribution is -2.51. The Labute approximate surface area is 155 Å². The van der Waals surface area contributed by atoms with Gasteiger partial charge in [0.25, 0.3) is 0 Å². The highest BCUT2D eigenvalue weighted by Crippen LogP contribution is 2.29. The average molecular weight is 362 g/mol. The van der Waals surface area contributed by atoms with Gasteiger partial charge in [-0.2, -0.15) is 5.10 Å². The molecule has 1 aromatic heterocycles. The predicted molar refractivity (Wildman–Crippen MR) is 98.6 cm³/mol. The monoisotopic (exact) mass is 362 g/mol. The lowest BCUT2D eigenvalue weighted by molar-refractivity contribution is -0.137. The maximum atomic E-state index is 13.0. The van der Waals surface area contributed by atoms with Crippen LogP contribution in [0, 0.1) is 5.92 Å². The average Bonchev–Trinajstić information content (AvgIpc) is 3.28. The highest BCUT2D eigenvalue weighted by Gasteiger charge is 2.37. The van der Waals surface area contributed by atoms with E-state index < -0.39 is 0 Å². The fourth-order valence-electron chi connectivity index (χ4n) is 3.82. The third kappa shape index (κ3) is 4.24. The van der Waals surface area contributed by atoms with E-state index in [1.807, 2.05) is 24.3 Å². The number of amides is 2. The van der Waals surface area contributed by atoms with E-state index in [0.29, 0.717) is 6.42 Å². The molecule has 0 aliphatic carbocycles. The van der Waals surface area contributed by atoms with Gasteiger partial charge in [0.2, 0.25) is 11.8 Å². The molecule has 2 aliphatic rings. The Morgan fingerprint density at radius 3 is 2.58 bits per heavy atom. The van der Waals surface area contributed by atoms with E-state index in [2.05, 4.69) is 15.3 Å². The molecule has 0 unspecified atom stereocenters. The van der Waals surface area contributed by atoms with E-state index in [1.165, 1.54) is 0 Å². The van der Waals surface area contributed by atoms with Gasteiger partial charge in [-0.15, -0.1) is 0 Å². The largest absolute Gasteiger partial charge is 0.349 e. The van der Waals surface area contributed by atoms with Crippen molar-refractivity contribution in [3.8, 4) is 0 Å². The van der Waals surface area contributed by atoms with Crippen LogP contribution in [0.15, 0.2) is 12.4 Å². The normalized spacial score (nSPS) is 24.0. The highest BCUT2D eigenvalue weighted by atomic mass is 16.2. The van der Waals surface area contributed by atoms with Crippen LogP contribution >= 0.6 is 0 Å². The molecule has 0 aromatic carbocycles. The standard InChI is InChI=1S/C18H30N6O2/c1-21(2)17(25)4-5-23-6-8-24(9-7-23)18(26)16-12-19-11-15(16)14-10-20-22(3)13-14/h10,13,15-16,19H,4-9,11-12H2,1-3H3/t15-,16+/m1/s1. The second kappa shape index (κ2) is 8.18. The van der Waals surface area contributed by atoms with E-state index in [1.54, 1.807) is 23.7 Å². The molecule has 2 saturated heterocycles. The Balaban J connectivity index is 1.51. The maximum absolute atomic E-state index is 13.0. The van der Waals surface area contributed by atoms with Crippen molar-refractivity contribution in [1.82, 2.24) is 29.8 Å². The first-order valence-electron chi connectivity index (χ1n) is 9.36. The molecular weight excluding hydrogens is 332 g/mol. The van der Waals surface area contributed by atoms with Gasteiger partial charge >= 0.3 is 0 Å². The van der Waals surface area contributed by atoms with Crippen LogP contribution in [0.1, 0.15) is 17.9 Å². The number of aromatic nitrogens is 2. The molecule has 26 heavy (non-hydrogen) atoms. The molecular formula is C18H30N6O2. The summed E-state index contributed by atoms with van der Waals surface area (Å²) in [5, 5.41) is 7.62. The zero-order valence-electron chi connectivity index (χ0n) is 16.0. The number of hydrogen-bond donors (Lipinski definition) is 1. The van der Waals surface area contributed by atoms with Crippen molar-refractivity contribution in [2.75, 3.05) is 59.9 Å². The number of hydrogen-bond acceptors (Lipinski definition) is 5. The third-order valence-electron chi connectivity index (χ3n) is 5.51. The van der Waals surface area contributed by atoms with Gasteiger partial charge < -0.3 is 15.1 Å². The molecule has 2 atom stereocenters. The second-order valence-electron chi connectivity index (χ2n) is 7.52. The Hall–Kier alpha value is -1.93. The van der Waals surface area contributed by atoms with Crippen LogP contribution < -0.4 is 5.32 Å². The number of nitrogens with one attached hydrogen (secondary N) is 1. The Morgan fingerprint density at radius 1 is 1.23 bits per heavy atom. The van der Waals surface area contributed by atoms with Crippen LogP contribution in [0.5, 0.6) is 0 Å². The fourth-order valence-corrected chi connectivity index (χ4v) is 3.82. The van der Waals surface area contributed by atoms with Crippen molar-refractivity contribution in [2.45, 2.75) is 12.3 Å². The zero-order valence-corrected chi connectivity index (χ0v) is 16.0. The summed E-state index contributed by atoms with van der Waals surface area (Å²) in [7, 11) is 5.48. The summed E-state index contributed by atoms with van der Waals surface area (Å²) >= 11 is 0. The number of carbonyl (C=O) groups excluding carboxylic acids is 2. The summed E-state index contributed by atoms with van der Waals surface area (Å²) in [6, 6.07) is 0. The molecule has 8 heteroatoms. The minimum Gasteiger partial charge on any atom is -0.349 e. The first-order chi connectivity index (χ1) is 12.5. The van der Waals surface area contributed by atoms with Crippen molar-refractivity contribution < 1.29 is 9.59 Å². The summed E-state index contributed by atoms with van der Waals surface area (Å²) in [6.07, 6.45) is 4.42. The molecule has 2 fully saturated rings. The van der Waals surface area contributed by atoms with Crippen LogP contribution in [0.4, 0.5) is 0 Å².